The Balaban J connectivity index is 1.40. The van der Waals surface area contributed by atoms with Gasteiger partial charge in [0.2, 0.25) is 10.0 Å². The first-order chi connectivity index (χ1) is 17.3. The molecule has 1 aliphatic heterocycles. The lowest BCUT2D eigenvalue weighted by Gasteiger charge is -2.31. The number of fused-ring (bicyclic) bond motifs is 1. The fourth-order valence-corrected chi connectivity index (χ4v) is 7.16. The van der Waals surface area contributed by atoms with E-state index < -0.39 is 10.0 Å². The van der Waals surface area contributed by atoms with Crippen LogP contribution in [0.15, 0.2) is 77.7 Å². The summed E-state index contributed by atoms with van der Waals surface area (Å²) in [5.74, 6) is 0.733. The second-order valence-corrected chi connectivity index (χ2v) is 12.4. The highest BCUT2D eigenvalue weighted by Gasteiger charge is 2.32. The molecule has 1 saturated heterocycles. The lowest BCUT2D eigenvalue weighted by atomic mass is 9.88. The van der Waals surface area contributed by atoms with Gasteiger partial charge in [-0.05, 0) is 79.0 Å². The Hall–Kier alpha value is -2.89. The second kappa shape index (κ2) is 9.87. The molecular weight excluding hydrogens is 464 g/mol. The van der Waals surface area contributed by atoms with Gasteiger partial charge in [0.05, 0.1) is 4.90 Å². The number of piperidine rings is 1. The predicted octanol–water partition coefficient (Wildman–Crippen LogP) is 7.00. The molecule has 36 heavy (non-hydrogen) atoms. The summed E-state index contributed by atoms with van der Waals surface area (Å²) in [6.45, 7) is 10.6. The average Bonchev–Trinajstić information content (AvgIpc) is 3.16. The molecule has 0 radical (unpaired) electrons. The van der Waals surface area contributed by atoms with Crippen LogP contribution >= 0.6 is 0 Å². The Kier molecular flexibility index (Phi) is 6.80. The summed E-state index contributed by atoms with van der Waals surface area (Å²) in [7, 11) is -3.47. The standard InChI is InChI=1S/C31H36N2O2S/c1-22(2)25-13-15-28(16-14-25)36(34,35)32-19-17-26(18-20-32)31-24(4)33(30-12-8-7-11-29(30)31)21-27-10-6-5-9-23(27)3/h5-16,22,26H,17-21H2,1-4H3. The highest BCUT2D eigenvalue weighted by Crippen LogP contribution is 2.39. The Bertz CT molecular complexity index is 1480. The molecule has 4 nitrogen and oxygen atoms in total. The van der Waals surface area contributed by atoms with Gasteiger partial charge in [0, 0.05) is 36.2 Å². The zero-order chi connectivity index (χ0) is 25.4. The molecule has 1 aromatic heterocycles. The Morgan fingerprint density at radius 1 is 0.861 bits per heavy atom. The van der Waals surface area contributed by atoms with Gasteiger partial charge in [-0.15, -0.1) is 0 Å². The van der Waals surface area contributed by atoms with Crippen molar-refractivity contribution in [1.29, 1.82) is 0 Å². The topological polar surface area (TPSA) is 42.3 Å². The van der Waals surface area contributed by atoms with Crippen molar-refractivity contribution < 1.29 is 8.42 Å². The van der Waals surface area contributed by atoms with Crippen LogP contribution in [0.5, 0.6) is 0 Å². The number of hydrogen-bond donors (Lipinski definition) is 0. The lowest BCUT2D eigenvalue weighted by molar-refractivity contribution is 0.319. The van der Waals surface area contributed by atoms with Crippen LogP contribution in [0.1, 0.15) is 66.5 Å². The summed E-state index contributed by atoms with van der Waals surface area (Å²) in [6, 6.07) is 24.7. The van der Waals surface area contributed by atoms with Crippen LogP contribution in [0, 0.1) is 13.8 Å². The number of nitrogens with zero attached hydrogens (tertiary/aromatic N) is 2. The van der Waals surface area contributed by atoms with Crippen molar-refractivity contribution in [1.82, 2.24) is 8.87 Å². The van der Waals surface area contributed by atoms with E-state index >= 15 is 0 Å². The van der Waals surface area contributed by atoms with Gasteiger partial charge in [-0.1, -0.05) is 68.4 Å². The van der Waals surface area contributed by atoms with E-state index in [1.54, 1.807) is 16.4 Å². The number of aromatic nitrogens is 1. The minimum Gasteiger partial charge on any atom is -0.340 e. The summed E-state index contributed by atoms with van der Waals surface area (Å²) in [6.07, 6.45) is 1.67. The van der Waals surface area contributed by atoms with Crippen LogP contribution in [-0.4, -0.2) is 30.4 Å². The predicted molar refractivity (Wildman–Crippen MR) is 148 cm³/mol. The van der Waals surface area contributed by atoms with E-state index in [4.69, 9.17) is 0 Å². The maximum atomic E-state index is 13.4. The number of aryl methyl sites for hydroxylation is 1. The summed E-state index contributed by atoms with van der Waals surface area (Å²) in [5, 5.41) is 1.30. The summed E-state index contributed by atoms with van der Waals surface area (Å²) in [4.78, 5) is 0.399. The normalized spacial score (nSPS) is 15.7. The van der Waals surface area contributed by atoms with Gasteiger partial charge in [-0.2, -0.15) is 4.31 Å². The molecule has 0 amide bonds. The first-order valence-electron chi connectivity index (χ1n) is 13.0. The number of sulfonamides is 1. The Labute approximate surface area is 215 Å². The van der Waals surface area contributed by atoms with Crippen molar-refractivity contribution in [2.24, 2.45) is 0 Å². The van der Waals surface area contributed by atoms with Gasteiger partial charge in [0.25, 0.3) is 0 Å². The van der Waals surface area contributed by atoms with E-state index in [-0.39, 0.29) is 0 Å². The molecule has 0 N–H and O–H groups in total. The van der Waals surface area contributed by atoms with E-state index in [9.17, 15) is 8.42 Å². The van der Waals surface area contributed by atoms with E-state index in [1.165, 1.54) is 33.3 Å². The van der Waals surface area contributed by atoms with Crippen LogP contribution in [-0.2, 0) is 16.6 Å². The lowest BCUT2D eigenvalue weighted by Crippen LogP contribution is -2.38. The monoisotopic (exact) mass is 500 g/mol. The first kappa shape index (κ1) is 24.8. The van der Waals surface area contributed by atoms with Gasteiger partial charge in [0.15, 0.2) is 0 Å². The fourth-order valence-electron chi connectivity index (χ4n) is 5.69. The molecule has 1 fully saturated rings. The third-order valence-corrected chi connectivity index (χ3v) is 9.83. The minimum atomic E-state index is -3.47. The highest BCUT2D eigenvalue weighted by atomic mass is 32.2. The molecule has 0 spiro atoms. The van der Waals surface area contributed by atoms with E-state index in [2.05, 4.69) is 80.8 Å². The third-order valence-electron chi connectivity index (χ3n) is 7.92. The number of benzene rings is 3. The molecule has 0 atom stereocenters. The van der Waals surface area contributed by atoms with Gasteiger partial charge >= 0.3 is 0 Å². The molecule has 3 aromatic carbocycles. The van der Waals surface area contributed by atoms with Crippen LogP contribution in [0.3, 0.4) is 0 Å². The summed E-state index contributed by atoms with van der Waals surface area (Å²) < 4.78 is 30.8. The molecule has 0 bridgehead atoms. The third kappa shape index (κ3) is 4.51. The van der Waals surface area contributed by atoms with Crippen LogP contribution in [0.4, 0.5) is 0 Å². The largest absolute Gasteiger partial charge is 0.340 e. The molecule has 0 aliphatic carbocycles. The molecule has 0 unspecified atom stereocenters. The van der Waals surface area contributed by atoms with Crippen molar-refractivity contribution in [2.75, 3.05) is 13.1 Å². The highest BCUT2D eigenvalue weighted by molar-refractivity contribution is 7.89. The number of rotatable bonds is 6. The van der Waals surface area contributed by atoms with Crippen molar-refractivity contribution in [2.45, 2.75) is 63.8 Å². The van der Waals surface area contributed by atoms with E-state index in [1.807, 2.05) is 12.1 Å². The Morgan fingerprint density at radius 3 is 2.17 bits per heavy atom. The van der Waals surface area contributed by atoms with Crippen LogP contribution in [0.2, 0.25) is 0 Å². The quantitative estimate of drug-likeness (QED) is 0.286. The Morgan fingerprint density at radius 2 is 1.50 bits per heavy atom. The summed E-state index contributed by atoms with van der Waals surface area (Å²) in [5.41, 5.74) is 7.73. The summed E-state index contributed by atoms with van der Waals surface area (Å²) >= 11 is 0. The van der Waals surface area contributed by atoms with Gasteiger partial charge in [-0.25, -0.2) is 8.42 Å². The van der Waals surface area contributed by atoms with Crippen LogP contribution < -0.4 is 0 Å². The minimum absolute atomic E-state index is 0.350. The average molecular weight is 501 g/mol. The molecule has 1 aliphatic rings. The van der Waals surface area contributed by atoms with Crippen molar-refractivity contribution in [3.63, 3.8) is 0 Å². The maximum Gasteiger partial charge on any atom is 0.243 e. The second-order valence-electron chi connectivity index (χ2n) is 10.4. The number of hydrogen-bond acceptors (Lipinski definition) is 2. The molecule has 2 heterocycles. The van der Waals surface area contributed by atoms with E-state index in [0.717, 1.165) is 24.9 Å². The molecule has 5 rings (SSSR count). The van der Waals surface area contributed by atoms with Crippen molar-refractivity contribution in [3.8, 4) is 0 Å². The van der Waals surface area contributed by atoms with Crippen molar-refractivity contribution in [3.05, 3.63) is 101 Å². The van der Waals surface area contributed by atoms with Crippen molar-refractivity contribution >= 4 is 20.9 Å². The molecule has 5 heteroatoms. The molecule has 188 valence electrons. The van der Waals surface area contributed by atoms with Gasteiger partial charge in [-0.3, -0.25) is 0 Å². The maximum absolute atomic E-state index is 13.4. The SMILES string of the molecule is Cc1ccccc1Cn1c(C)c(C2CCN(S(=O)(=O)c3ccc(C(C)C)cc3)CC2)c2ccccc21. The smallest absolute Gasteiger partial charge is 0.243 e. The first-order valence-corrected chi connectivity index (χ1v) is 14.4. The van der Waals surface area contributed by atoms with Crippen LogP contribution in [0.25, 0.3) is 10.9 Å². The molecule has 4 aromatic rings. The van der Waals surface area contributed by atoms with E-state index in [0.29, 0.717) is 29.8 Å². The zero-order valence-electron chi connectivity index (χ0n) is 21.7. The fraction of sp³-hybridized carbons (Fsp3) is 0.355. The van der Waals surface area contributed by atoms with Gasteiger partial charge < -0.3 is 4.57 Å². The number of para-hydroxylation sites is 1. The van der Waals surface area contributed by atoms with Gasteiger partial charge in [0.1, 0.15) is 0 Å². The molecule has 0 saturated carbocycles. The zero-order valence-corrected chi connectivity index (χ0v) is 22.6. The molecular formula is C31H36N2O2S.